The lowest BCUT2D eigenvalue weighted by Crippen LogP contribution is -2.32. The Balaban J connectivity index is 1.72. The fraction of sp³-hybridized carbons (Fsp3) is 0.357. The molecule has 0 amide bonds. The number of anilines is 1. The Bertz CT molecular complexity index is 1350. The van der Waals surface area contributed by atoms with Crippen LogP contribution in [0.15, 0.2) is 65.5 Å². The summed E-state index contributed by atoms with van der Waals surface area (Å²) in [6.45, 7) is 2.03. The number of carboxylic acid groups (broad SMARTS) is 1. The maximum absolute atomic E-state index is 13.7. The van der Waals surface area contributed by atoms with Crippen molar-refractivity contribution in [1.82, 2.24) is 9.88 Å². The molecule has 1 fully saturated rings. The zero-order chi connectivity index (χ0) is 26.2. The van der Waals surface area contributed by atoms with Gasteiger partial charge >= 0.3 is 12.1 Å². The number of nitrogens with one attached hydrogen (secondary N) is 1. The summed E-state index contributed by atoms with van der Waals surface area (Å²) in [6.07, 6.45) is -2.10. The second kappa shape index (κ2) is 10.0. The van der Waals surface area contributed by atoms with Crippen molar-refractivity contribution < 1.29 is 23.1 Å². The lowest BCUT2D eigenvalue weighted by atomic mass is 9.88. The first-order valence-electron chi connectivity index (χ1n) is 12.4. The number of hydrogen-bond donors (Lipinski definition) is 2. The molecule has 2 N–H and O–H groups in total. The number of benzene rings is 2. The van der Waals surface area contributed by atoms with Gasteiger partial charge in [-0.25, -0.2) is 4.79 Å². The third-order valence-electron chi connectivity index (χ3n) is 7.20. The number of piperidine rings is 1. The number of alkyl halides is 3. The van der Waals surface area contributed by atoms with Crippen molar-refractivity contribution in [3.63, 3.8) is 0 Å². The summed E-state index contributed by atoms with van der Waals surface area (Å²) in [6, 6.07) is 14.8. The number of aromatic nitrogens is 1. The van der Waals surface area contributed by atoms with Crippen molar-refractivity contribution in [3.8, 4) is 11.1 Å². The molecule has 3 heterocycles. The van der Waals surface area contributed by atoms with Gasteiger partial charge in [0.25, 0.3) is 5.56 Å². The number of rotatable bonds is 6. The van der Waals surface area contributed by atoms with E-state index < -0.39 is 29.3 Å². The molecule has 6 nitrogen and oxygen atoms in total. The molecule has 9 heteroatoms. The molecule has 1 saturated heterocycles. The SMILES string of the molecule is O=C(O)C1CN(Cc2ccccc2)c2c(-c3cccc(C(F)(F)F)c3)c(CC3CCCNC3)cc(=O)n21. The number of carbonyl (C=O) groups is 1. The summed E-state index contributed by atoms with van der Waals surface area (Å²) in [5.41, 5.74) is 1.13. The molecule has 0 radical (unpaired) electrons. The summed E-state index contributed by atoms with van der Waals surface area (Å²) in [5, 5.41) is 13.3. The number of nitrogens with zero attached hydrogens (tertiary/aromatic N) is 2. The van der Waals surface area contributed by atoms with Crippen molar-refractivity contribution >= 4 is 11.8 Å². The number of halogens is 3. The maximum Gasteiger partial charge on any atom is 0.416 e. The zero-order valence-electron chi connectivity index (χ0n) is 20.2. The van der Waals surface area contributed by atoms with Crippen molar-refractivity contribution in [2.24, 2.45) is 5.92 Å². The van der Waals surface area contributed by atoms with Crippen LogP contribution in [-0.2, 0) is 23.9 Å². The van der Waals surface area contributed by atoms with Gasteiger partial charge in [0.05, 0.1) is 12.1 Å². The maximum atomic E-state index is 13.7. The molecule has 2 aliphatic heterocycles. The first-order valence-corrected chi connectivity index (χ1v) is 12.4. The molecular formula is C28H28F3N3O3. The van der Waals surface area contributed by atoms with Gasteiger partial charge in [0.15, 0.2) is 6.04 Å². The molecule has 37 heavy (non-hydrogen) atoms. The van der Waals surface area contributed by atoms with E-state index in [2.05, 4.69) is 5.32 Å². The largest absolute Gasteiger partial charge is 0.480 e. The van der Waals surface area contributed by atoms with E-state index in [-0.39, 0.29) is 12.5 Å². The Kier molecular flexibility index (Phi) is 6.81. The smallest absolute Gasteiger partial charge is 0.416 e. The summed E-state index contributed by atoms with van der Waals surface area (Å²) in [5.74, 6) is -0.569. The predicted octanol–water partition coefficient (Wildman–Crippen LogP) is 4.72. The lowest BCUT2D eigenvalue weighted by Gasteiger charge is -2.27. The quantitative estimate of drug-likeness (QED) is 0.501. The van der Waals surface area contributed by atoms with Gasteiger partial charge in [-0.05, 0) is 67.1 Å². The first kappa shape index (κ1) is 25.1. The van der Waals surface area contributed by atoms with Gasteiger partial charge in [-0.15, -0.1) is 0 Å². The minimum atomic E-state index is -4.54. The molecule has 0 bridgehead atoms. The van der Waals surface area contributed by atoms with E-state index in [1.807, 2.05) is 35.2 Å². The van der Waals surface area contributed by atoms with Gasteiger partial charge in [0, 0.05) is 18.2 Å². The van der Waals surface area contributed by atoms with Gasteiger partial charge in [-0.1, -0.05) is 42.5 Å². The van der Waals surface area contributed by atoms with E-state index in [0.29, 0.717) is 35.5 Å². The molecule has 0 saturated carbocycles. The summed E-state index contributed by atoms with van der Waals surface area (Å²) >= 11 is 0. The van der Waals surface area contributed by atoms with E-state index in [0.717, 1.165) is 43.6 Å². The van der Waals surface area contributed by atoms with Crippen molar-refractivity contribution in [2.45, 2.75) is 38.0 Å². The molecule has 0 spiro atoms. The van der Waals surface area contributed by atoms with Crippen LogP contribution in [-0.4, -0.2) is 35.3 Å². The topological polar surface area (TPSA) is 74.6 Å². The highest BCUT2D eigenvalue weighted by atomic mass is 19.4. The number of carboxylic acids is 1. The summed E-state index contributed by atoms with van der Waals surface area (Å²) in [7, 11) is 0. The third-order valence-corrected chi connectivity index (χ3v) is 7.20. The standard InChI is InChI=1S/C28H28F3N3O3/c29-28(30,31)22-10-4-9-20(13-22)25-21(12-19-8-5-11-32-15-19)14-24(35)34-23(27(36)37)17-33(26(25)34)16-18-6-2-1-3-7-18/h1-4,6-7,9-10,13-14,19,23,32H,5,8,11-12,15-17H2,(H,36,37). The number of aliphatic carboxylic acids is 1. The Hall–Kier alpha value is -3.59. The molecule has 0 aliphatic carbocycles. The minimum absolute atomic E-state index is 0.0415. The van der Waals surface area contributed by atoms with Crippen LogP contribution < -0.4 is 15.8 Å². The Morgan fingerprint density at radius 3 is 2.54 bits per heavy atom. The third kappa shape index (κ3) is 5.13. The van der Waals surface area contributed by atoms with Crippen LogP contribution in [0.25, 0.3) is 11.1 Å². The van der Waals surface area contributed by atoms with Gasteiger partial charge in [0.2, 0.25) is 0 Å². The zero-order valence-corrected chi connectivity index (χ0v) is 20.2. The van der Waals surface area contributed by atoms with E-state index >= 15 is 0 Å². The normalized spacial score (nSPS) is 19.6. The molecule has 2 atom stereocenters. The monoisotopic (exact) mass is 511 g/mol. The predicted molar refractivity (Wildman–Crippen MR) is 135 cm³/mol. The van der Waals surface area contributed by atoms with Crippen LogP contribution in [0.2, 0.25) is 0 Å². The second-order valence-electron chi connectivity index (χ2n) is 9.79. The van der Waals surface area contributed by atoms with Gasteiger partial charge in [-0.3, -0.25) is 9.36 Å². The van der Waals surface area contributed by atoms with Gasteiger partial charge in [-0.2, -0.15) is 13.2 Å². The minimum Gasteiger partial charge on any atom is -0.480 e. The molecular weight excluding hydrogens is 483 g/mol. The molecule has 2 aromatic carbocycles. The fourth-order valence-corrected chi connectivity index (χ4v) is 5.52. The highest BCUT2D eigenvalue weighted by Crippen LogP contribution is 2.42. The van der Waals surface area contributed by atoms with Crippen LogP contribution in [0.3, 0.4) is 0 Å². The van der Waals surface area contributed by atoms with Crippen LogP contribution in [0.1, 0.15) is 35.6 Å². The molecule has 3 aromatic rings. The molecule has 5 rings (SSSR count). The van der Waals surface area contributed by atoms with Crippen molar-refractivity contribution in [1.29, 1.82) is 0 Å². The Morgan fingerprint density at radius 1 is 1.08 bits per heavy atom. The molecule has 2 unspecified atom stereocenters. The average molecular weight is 512 g/mol. The highest BCUT2D eigenvalue weighted by molar-refractivity contribution is 5.84. The summed E-state index contributed by atoms with van der Waals surface area (Å²) < 4.78 is 42.3. The van der Waals surface area contributed by atoms with E-state index in [1.165, 1.54) is 16.7 Å². The highest BCUT2D eigenvalue weighted by Gasteiger charge is 2.38. The Labute approximate surface area is 212 Å². The van der Waals surface area contributed by atoms with E-state index in [1.54, 1.807) is 6.07 Å². The molecule has 1 aromatic heterocycles. The number of hydrogen-bond acceptors (Lipinski definition) is 4. The lowest BCUT2D eigenvalue weighted by molar-refractivity contribution is -0.140. The average Bonchev–Trinajstić information content (AvgIpc) is 3.25. The summed E-state index contributed by atoms with van der Waals surface area (Å²) in [4.78, 5) is 27.4. The van der Waals surface area contributed by atoms with Crippen LogP contribution in [0.4, 0.5) is 19.0 Å². The second-order valence-corrected chi connectivity index (χ2v) is 9.79. The number of pyridine rings is 1. The van der Waals surface area contributed by atoms with Gasteiger partial charge in [0.1, 0.15) is 5.82 Å². The van der Waals surface area contributed by atoms with Crippen LogP contribution in [0.5, 0.6) is 0 Å². The van der Waals surface area contributed by atoms with E-state index in [9.17, 15) is 27.9 Å². The van der Waals surface area contributed by atoms with Gasteiger partial charge < -0.3 is 15.3 Å². The first-order chi connectivity index (χ1) is 17.7. The fourth-order valence-electron chi connectivity index (χ4n) is 5.52. The molecule has 2 aliphatic rings. The van der Waals surface area contributed by atoms with Crippen molar-refractivity contribution in [3.05, 3.63) is 87.7 Å². The van der Waals surface area contributed by atoms with E-state index in [4.69, 9.17) is 0 Å². The van der Waals surface area contributed by atoms with Crippen molar-refractivity contribution in [2.75, 3.05) is 24.5 Å². The number of fused-ring (bicyclic) bond motifs is 1. The molecule has 194 valence electrons. The van der Waals surface area contributed by atoms with Crippen LogP contribution in [0, 0.1) is 5.92 Å². The Morgan fingerprint density at radius 2 is 1.86 bits per heavy atom. The van der Waals surface area contributed by atoms with Crippen LogP contribution >= 0.6 is 0 Å².